The Morgan fingerprint density at radius 3 is 2.40 bits per heavy atom. The van der Waals surface area contributed by atoms with Crippen molar-refractivity contribution >= 4 is 22.9 Å². The van der Waals surface area contributed by atoms with Crippen molar-refractivity contribution in [3.8, 4) is 0 Å². The molecular formula is C11H11ClN2S. The van der Waals surface area contributed by atoms with Gasteiger partial charge in [-0.2, -0.15) is 11.3 Å². The summed E-state index contributed by atoms with van der Waals surface area (Å²) in [4.78, 5) is 0. The van der Waals surface area contributed by atoms with Gasteiger partial charge >= 0.3 is 0 Å². The quantitative estimate of drug-likeness (QED) is 0.637. The minimum absolute atomic E-state index is 0.0357. The van der Waals surface area contributed by atoms with Crippen LogP contribution in [0.15, 0.2) is 41.1 Å². The molecule has 2 aromatic rings. The summed E-state index contributed by atoms with van der Waals surface area (Å²) in [6.45, 7) is 0. The molecule has 0 saturated heterocycles. The van der Waals surface area contributed by atoms with Crippen LogP contribution in [0.5, 0.6) is 0 Å². The summed E-state index contributed by atoms with van der Waals surface area (Å²) in [6, 6.07) is 9.79. The molecule has 2 rings (SSSR count). The third kappa shape index (κ3) is 2.38. The summed E-state index contributed by atoms with van der Waals surface area (Å²) < 4.78 is 0. The lowest BCUT2D eigenvalue weighted by molar-refractivity contribution is 0.639. The van der Waals surface area contributed by atoms with Gasteiger partial charge in [-0.25, -0.2) is 5.43 Å². The largest absolute Gasteiger partial charge is 0.271 e. The molecule has 0 aliphatic heterocycles. The Bertz CT molecular complexity index is 411. The summed E-state index contributed by atoms with van der Waals surface area (Å²) in [5.74, 6) is 5.56. The Kier molecular flexibility index (Phi) is 3.38. The van der Waals surface area contributed by atoms with E-state index in [9.17, 15) is 0 Å². The van der Waals surface area contributed by atoms with Crippen molar-refractivity contribution in [2.24, 2.45) is 5.84 Å². The van der Waals surface area contributed by atoms with Gasteiger partial charge in [-0.05, 0) is 40.1 Å². The summed E-state index contributed by atoms with van der Waals surface area (Å²) in [5, 5.41) is 4.86. The van der Waals surface area contributed by atoms with Crippen molar-refractivity contribution in [1.29, 1.82) is 0 Å². The monoisotopic (exact) mass is 238 g/mol. The molecule has 0 amide bonds. The number of thiophene rings is 1. The third-order valence-electron chi connectivity index (χ3n) is 2.25. The number of rotatable bonds is 3. The number of hydrazine groups is 1. The van der Waals surface area contributed by atoms with E-state index in [-0.39, 0.29) is 6.04 Å². The fraction of sp³-hybridized carbons (Fsp3) is 0.0909. The van der Waals surface area contributed by atoms with Gasteiger partial charge in [0, 0.05) is 5.02 Å². The molecule has 0 aliphatic carbocycles. The Labute approximate surface area is 97.7 Å². The van der Waals surface area contributed by atoms with Crippen LogP contribution in [0.3, 0.4) is 0 Å². The molecule has 0 aliphatic rings. The van der Waals surface area contributed by atoms with Crippen LogP contribution in [0.2, 0.25) is 5.02 Å². The predicted octanol–water partition coefficient (Wildman–Crippen LogP) is 2.95. The van der Waals surface area contributed by atoms with E-state index in [1.807, 2.05) is 29.6 Å². The average Bonchev–Trinajstić information content (AvgIpc) is 2.75. The predicted molar refractivity (Wildman–Crippen MR) is 64.9 cm³/mol. The van der Waals surface area contributed by atoms with Crippen molar-refractivity contribution < 1.29 is 0 Å². The minimum Gasteiger partial charge on any atom is -0.271 e. The van der Waals surface area contributed by atoms with E-state index in [1.54, 1.807) is 11.3 Å². The lowest BCUT2D eigenvalue weighted by Crippen LogP contribution is -2.28. The highest BCUT2D eigenvalue weighted by Crippen LogP contribution is 2.24. The summed E-state index contributed by atoms with van der Waals surface area (Å²) in [6.07, 6.45) is 0. The summed E-state index contributed by atoms with van der Waals surface area (Å²) >= 11 is 7.49. The highest BCUT2D eigenvalue weighted by atomic mass is 35.5. The number of nitrogens with one attached hydrogen (secondary N) is 1. The summed E-state index contributed by atoms with van der Waals surface area (Å²) in [5.41, 5.74) is 5.09. The zero-order valence-corrected chi connectivity index (χ0v) is 9.55. The van der Waals surface area contributed by atoms with Gasteiger partial charge in [0.15, 0.2) is 0 Å². The van der Waals surface area contributed by atoms with Crippen LogP contribution in [0.1, 0.15) is 17.2 Å². The Balaban J connectivity index is 2.31. The average molecular weight is 239 g/mol. The van der Waals surface area contributed by atoms with Gasteiger partial charge in [0.1, 0.15) is 0 Å². The molecule has 1 aromatic carbocycles. The van der Waals surface area contributed by atoms with Crippen molar-refractivity contribution in [3.05, 3.63) is 57.2 Å². The zero-order valence-electron chi connectivity index (χ0n) is 7.98. The van der Waals surface area contributed by atoms with Crippen molar-refractivity contribution in [2.45, 2.75) is 6.04 Å². The van der Waals surface area contributed by atoms with Gasteiger partial charge < -0.3 is 0 Å². The van der Waals surface area contributed by atoms with Gasteiger partial charge in [-0.15, -0.1) is 0 Å². The molecule has 4 heteroatoms. The highest BCUT2D eigenvalue weighted by molar-refractivity contribution is 7.08. The standard InChI is InChI=1S/C11H11ClN2S/c12-10-3-1-8(2-4-10)11(14-13)9-5-6-15-7-9/h1-7,11,14H,13H2. The molecule has 1 unspecified atom stereocenters. The Hall–Kier alpha value is -0.870. The normalized spacial score (nSPS) is 12.7. The first kappa shape index (κ1) is 10.6. The number of halogens is 1. The molecule has 2 nitrogen and oxygen atoms in total. The van der Waals surface area contributed by atoms with Crippen LogP contribution < -0.4 is 11.3 Å². The molecule has 0 radical (unpaired) electrons. The maximum absolute atomic E-state index is 5.83. The lowest BCUT2D eigenvalue weighted by atomic mass is 10.0. The van der Waals surface area contributed by atoms with Crippen LogP contribution in [-0.2, 0) is 0 Å². The molecule has 1 aromatic heterocycles. The fourth-order valence-electron chi connectivity index (χ4n) is 1.48. The third-order valence-corrected chi connectivity index (χ3v) is 3.20. The molecule has 1 atom stereocenters. The number of benzene rings is 1. The molecular weight excluding hydrogens is 228 g/mol. The van der Waals surface area contributed by atoms with Crippen molar-refractivity contribution in [3.63, 3.8) is 0 Å². The maximum atomic E-state index is 5.83. The second-order valence-electron chi connectivity index (χ2n) is 3.21. The van der Waals surface area contributed by atoms with E-state index in [0.29, 0.717) is 0 Å². The smallest absolute Gasteiger partial charge is 0.0718 e. The minimum atomic E-state index is 0.0357. The molecule has 0 fully saturated rings. The molecule has 1 heterocycles. The number of nitrogens with two attached hydrogens (primary N) is 1. The number of hydrogen-bond acceptors (Lipinski definition) is 3. The van der Waals surface area contributed by atoms with E-state index < -0.39 is 0 Å². The molecule has 3 N–H and O–H groups in total. The van der Waals surface area contributed by atoms with E-state index in [0.717, 1.165) is 10.6 Å². The lowest BCUT2D eigenvalue weighted by Gasteiger charge is -2.14. The first-order chi connectivity index (χ1) is 7.31. The molecule has 15 heavy (non-hydrogen) atoms. The zero-order chi connectivity index (χ0) is 10.7. The van der Waals surface area contributed by atoms with E-state index >= 15 is 0 Å². The molecule has 0 bridgehead atoms. The van der Waals surface area contributed by atoms with E-state index in [2.05, 4.69) is 16.9 Å². The maximum Gasteiger partial charge on any atom is 0.0718 e. The first-order valence-electron chi connectivity index (χ1n) is 4.55. The second-order valence-corrected chi connectivity index (χ2v) is 4.42. The Morgan fingerprint density at radius 2 is 1.87 bits per heavy atom. The van der Waals surface area contributed by atoms with Gasteiger partial charge in [-0.1, -0.05) is 23.7 Å². The van der Waals surface area contributed by atoms with Crippen LogP contribution in [0, 0.1) is 0 Å². The van der Waals surface area contributed by atoms with Crippen LogP contribution in [0.4, 0.5) is 0 Å². The number of hydrogen-bond donors (Lipinski definition) is 2. The SMILES string of the molecule is NNC(c1ccc(Cl)cc1)c1ccsc1. The van der Waals surface area contributed by atoms with E-state index in [4.69, 9.17) is 17.4 Å². The fourth-order valence-corrected chi connectivity index (χ4v) is 2.29. The first-order valence-corrected chi connectivity index (χ1v) is 5.87. The van der Waals surface area contributed by atoms with Crippen molar-refractivity contribution in [2.75, 3.05) is 0 Å². The van der Waals surface area contributed by atoms with Crippen LogP contribution >= 0.6 is 22.9 Å². The molecule has 78 valence electrons. The van der Waals surface area contributed by atoms with Gasteiger partial charge in [0.05, 0.1) is 6.04 Å². The molecule has 0 spiro atoms. The van der Waals surface area contributed by atoms with Gasteiger partial charge in [-0.3, -0.25) is 5.84 Å². The van der Waals surface area contributed by atoms with Gasteiger partial charge in [0.25, 0.3) is 0 Å². The topological polar surface area (TPSA) is 38.0 Å². The van der Waals surface area contributed by atoms with Crippen molar-refractivity contribution in [1.82, 2.24) is 5.43 Å². The highest BCUT2D eigenvalue weighted by Gasteiger charge is 2.11. The van der Waals surface area contributed by atoms with Gasteiger partial charge in [0.2, 0.25) is 0 Å². The summed E-state index contributed by atoms with van der Waals surface area (Å²) in [7, 11) is 0. The van der Waals surface area contributed by atoms with E-state index in [1.165, 1.54) is 5.56 Å². The van der Waals surface area contributed by atoms with Crippen LogP contribution in [-0.4, -0.2) is 0 Å². The molecule has 0 saturated carbocycles. The van der Waals surface area contributed by atoms with Crippen LogP contribution in [0.25, 0.3) is 0 Å². The Morgan fingerprint density at radius 1 is 1.13 bits per heavy atom. The second kappa shape index (κ2) is 4.77.